The number of carbonyl (C=O) groups excluding carboxylic acids is 1. The van der Waals surface area contributed by atoms with Crippen LogP contribution in [-0.4, -0.2) is 22.3 Å². The van der Waals surface area contributed by atoms with Crippen molar-refractivity contribution in [1.82, 2.24) is 9.88 Å². The van der Waals surface area contributed by atoms with Gasteiger partial charge in [0, 0.05) is 52.3 Å². The number of fused-ring (bicyclic) bond motifs is 3. The highest BCUT2D eigenvalue weighted by Crippen LogP contribution is 2.30. The second-order valence-electron chi connectivity index (χ2n) is 6.07. The molecule has 0 saturated heterocycles. The Morgan fingerprint density at radius 2 is 2.00 bits per heavy atom. The van der Waals surface area contributed by atoms with Crippen LogP contribution < -0.4 is 0 Å². The summed E-state index contributed by atoms with van der Waals surface area (Å²) in [7, 11) is 0. The molecule has 1 aliphatic heterocycles. The van der Waals surface area contributed by atoms with Gasteiger partial charge in [-0.2, -0.15) is 0 Å². The third-order valence-corrected chi connectivity index (χ3v) is 4.85. The molecule has 4 rings (SSSR count). The minimum Gasteiger partial charge on any atom is -0.358 e. The van der Waals surface area contributed by atoms with Crippen LogP contribution in [0, 0.1) is 0 Å². The Morgan fingerprint density at radius 1 is 1.21 bits per heavy atom. The molecule has 1 aliphatic rings. The van der Waals surface area contributed by atoms with E-state index in [-0.39, 0.29) is 5.91 Å². The fourth-order valence-electron chi connectivity index (χ4n) is 3.30. The smallest absolute Gasteiger partial charge is 0.254 e. The van der Waals surface area contributed by atoms with Crippen LogP contribution in [0.4, 0.5) is 0 Å². The lowest BCUT2D eigenvalue weighted by Gasteiger charge is -2.27. The molecule has 24 heavy (non-hydrogen) atoms. The fraction of sp³-hybridized carbons (Fsp3) is 0.150. The molecule has 0 atom stereocenters. The number of rotatable bonds is 2. The zero-order valence-corrected chi connectivity index (χ0v) is 13.9. The van der Waals surface area contributed by atoms with E-state index in [9.17, 15) is 4.79 Å². The summed E-state index contributed by atoms with van der Waals surface area (Å²) in [6, 6.07) is 13.4. The van der Waals surface area contributed by atoms with E-state index in [0.29, 0.717) is 17.1 Å². The van der Waals surface area contributed by atoms with Gasteiger partial charge in [-0.05, 0) is 35.9 Å². The van der Waals surface area contributed by atoms with Crippen LogP contribution in [-0.2, 0) is 13.0 Å². The number of carbonyl (C=O) groups is 1. The Balaban J connectivity index is 1.65. The van der Waals surface area contributed by atoms with Crippen molar-refractivity contribution in [1.29, 1.82) is 0 Å². The number of H-pyrrole nitrogens is 1. The van der Waals surface area contributed by atoms with Crippen LogP contribution >= 0.6 is 11.6 Å². The summed E-state index contributed by atoms with van der Waals surface area (Å²) in [5, 5.41) is 1.82. The predicted octanol–water partition coefficient (Wildman–Crippen LogP) is 4.66. The van der Waals surface area contributed by atoms with Crippen molar-refractivity contribution in [2.45, 2.75) is 13.0 Å². The maximum absolute atomic E-state index is 12.8. The maximum Gasteiger partial charge on any atom is 0.254 e. The number of nitrogens with zero attached hydrogens (tertiary/aromatic N) is 1. The summed E-state index contributed by atoms with van der Waals surface area (Å²) in [6.45, 7) is 5.07. The third kappa shape index (κ3) is 2.51. The van der Waals surface area contributed by atoms with Crippen LogP contribution in [0.1, 0.15) is 27.2 Å². The number of benzene rings is 2. The summed E-state index contributed by atoms with van der Waals surface area (Å²) >= 11 is 6.14. The molecule has 2 heterocycles. The van der Waals surface area contributed by atoms with Gasteiger partial charge in [0.05, 0.1) is 0 Å². The molecule has 1 amide bonds. The Morgan fingerprint density at radius 3 is 2.75 bits per heavy atom. The summed E-state index contributed by atoms with van der Waals surface area (Å²) < 4.78 is 0. The Hall–Kier alpha value is -2.52. The zero-order valence-electron chi connectivity index (χ0n) is 13.2. The summed E-state index contributed by atoms with van der Waals surface area (Å²) in [5.74, 6) is 0.0626. The van der Waals surface area contributed by atoms with Crippen molar-refractivity contribution < 1.29 is 4.79 Å². The molecular formula is C20H17ClN2O. The molecule has 2 aromatic carbocycles. The van der Waals surface area contributed by atoms with E-state index in [2.05, 4.69) is 11.6 Å². The number of halogens is 1. The summed E-state index contributed by atoms with van der Waals surface area (Å²) in [5.41, 5.74) is 5.18. The van der Waals surface area contributed by atoms with Gasteiger partial charge in [0.2, 0.25) is 0 Å². The van der Waals surface area contributed by atoms with Gasteiger partial charge in [0.15, 0.2) is 0 Å². The molecule has 0 unspecified atom stereocenters. The van der Waals surface area contributed by atoms with Gasteiger partial charge in [-0.15, -0.1) is 0 Å². The van der Waals surface area contributed by atoms with Crippen molar-refractivity contribution >= 4 is 34.5 Å². The second kappa shape index (κ2) is 5.84. The number of aromatic amines is 1. The quantitative estimate of drug-likeness (QED) is 0.725. The first-order valence-electron chi connectivity index (χ1n) is 7.96. The Bertz CT molecular complexity index is 940. The third-order valence-electron chi connectivity index (χ3n) is 4.62. The molecule has 0 saturated carbocycles. The molecule has 0 fully saturated rings. The molecule has 3 nitrogen and oxygen atoms in total. The van der Waals surface area contributed by atoms with E-state index in [1.165, 1.54) is 11.3 Å². The molecule has 1 aromatic heterocycles. The van der Waals surface area contributed by atoms with Gasteiger partial charge in [0.25, 0.3) is 5.91 Å². The highest BCUT2D eigenvalue weighted by Gasteiger charge is 2.24. The number of nitrogens with one attached hydrogen (secondary N) is 1. The highest BCUT2D eigenvalue weighted by atomic mass is 35.5. The lowest BCUT2D eigenvalue weighted by molar-refractivity contribution is 0.0735. The molecule has 0 radical (unpaired) electrons. The van der Waals surface area contributed by atoms with Gasteiger partial charge < -0.3 is 9.88 Å². The van der Waals surface area contributed by atoms with Gasteiger partial charge >= 0.3 is 0 Å². The maximum atomic E-state index is 12.8. The average molecular weight is 337 g/mol. The van der Waals surface area contributed by atoms with Crippen LogP contribution in [0.5, 0.6) is 0 Å². The monoisotopic (exact) mass is 336 g/mol. The topological polar surface area (TPSA) is 36.1 Å². The predicted molar refractivity (Wildman–Crippen MR) is 98.3 cm³/mol. The summed E-state index contributed by atoms with van der Waals surface area (Å²) in [4.78, 5) is 18.1. The fourth-order valence-corrected chi connectivity index (χ4v) is 3.48. The van der Waals surface area contributed by atoms with E-state index in [1.54, 1.807) is 6.08 Å². The van der Waals surface area contributed by atoms with E-state index < -0.39 is 0 Å². The first-order chi connectivity index (χ1) is 11.7. The van der Waals surface area contributed by atoms with Crippen molar-refractivity contribution in [3.05, 3.63) is 76.5 Å². The van der Waals surface area contributed by atoms with Crippen LogP contribution in [0.15, 0.2) is 49.0 Å². The minimum atomic E-state index is 0.0626. The van der Waals surface area contributed by atoms with Gasteiger partial charge in [-0.1, -0.05) is 36.4 Å². The first-order valence-corrected chi connectivity index (χ1v) is 8.34. The van der Waals surface area contributed by atoms with Crippen molar-refractivity contribution in [3.63, 3.8) is 0 Å². The molecule has 0 bridgehead atoms. The number of amides is 1. The van der Waals surface area contributed by atoms with E-state index in [1.807, 2.05) is 47.4 Å². The van der Waals surface area contributed by atoms with Crippen LogP contribution in [0.3, 0.4) is 0 Å². The van der Waals surface area contributed by atoms with Crippen molar-refractivity contribution in [3.8, 4) is 0 Å². The lowest BCUT2D eigenvalue weighted by atomic mass is 10.0. The van der Waals surface area contributed by atoms with Crippen LogP contribution in [0.2, 0.25) is 5.02 Å². The van der Waals surface area contributed by atoms with Gasteiger partial charge in [0.1, 0.15) is 0 Å². The van der Waals surface area contributed by atoms with Crippen LogP contribution in [0.25, 0.3) is 17.0 Å². The minimum absolute atomic E-state index is 0.0626. The average Bonchev–Trinajstić information content (AvgIpc) is 2.98. The largest absolute Gasteiger partial charge is 0.358 e. The molecule has 1 N–H and O–H groups in total. The molecular weight excluding hydrogens is 320 g/mol. The van der Waals surface area contributed by atoms with Gasteiger partial charge in [-0.25, -0.2) is 0 Å². The first kappa shape index (κ1) is 15.0. The zero-order chi connectivity index (χ0) is 16.7. The molecule has 0 aliphatic carbocycles. The molecule has 3 aromatic rings. The Labute approximate surface area is 145 Å². The lowest BCUT2D eigenvalue weighted by Crippen LogP contribution is -2.35. The van der Waals surface area contributed by atoms with E-state index in [4.69, 9.17) is 11.6 Å². The van der Waals surface area contributed by atoms with Gasteiger partial charge in [-0.3, -0.25) is 4.79 Å². The highest BCUT2D eigenvalue weighted by molar-refractivity contribution is 6.31. The summed E-state index contributed by atoms with van der Waals surface area (Å²) in [6.07, 6.45) is 2.61. The molecule has 4 heteroatoms. The van der Waals surface area contributed by atoms with E-state index >= 15 is 0 Å². The SMILES string of the molecule is C=Cc1ccc(C(=O)N2CCc3[nH]c4ccc(Cl)cc4c3C2)cc1. The van der Waals surface area contributed by atoms with Crippen molar-refractivity contribution in [2.24, 2.45) is 0 Å². The number of hydrogen-bond donors (Lipinski definition) is 1. The van der Waals surface area contributed by atoms with E-state index in [0.717, 1.165) is 29.4 Å². The standard InChI is InChI=1S/C20H17ClN2O/c1-2-13-3-5-14(6-4-13)20(24)23-10-9-19-17(12-23)16-11-15(21)7-8-18(16)22-19/h2-8,11,22H,1,9-10,12H2. The van der Waals surface area contributed by atoms with Crippen molar-refractivity contribution in [2.75, 3.05) is 6.54 Å². The normalized spacial score (nSPS) is 13.8. The molecule has 0 spiro atoms. The number of hydrogen-bond acceptors (Lipinski definition) is 1. The second-order valence-corrected chi connectivity index (χ2v) is 6.51. The Kier molecular flexibility index (Phi) is 3.66. The number of aromatic nitrogens is 1. The molecule has 120 valence electrons.